The fraction of sp³-hybridized carbons (Fsp3) is 0.100. The molecule has 0 aromatic heterocycles. The molecule has 0 N–H and O–H groups in total. The summed E-state index contributed by atoms with van der Waals surface area (Å²) in [6, 6.07) is 11.0. The molecule has 0 aliphatic carbocycles. The Bertz CT molecular complexity index is 927. The maximum atomic E-state index is 13.2. The van der Waals surface area contributed by atoms with Gasteiger partial charge in [0.05, 0.1) is 11.4 Å². The molecule has 0 atom stereocenters. The first-order valence-electron chi connectivity index (χ1n) is 8.01. The van der Waals surface area contributed by atoms with Gasteiger partial charge in [0.1, 0.15) is 18.2 Å². The number of imide groups is 1. The number of hydrogen-bond donors (Lipinski definition) is 0. The second kappa shape index (κ2) is 8.41. The lowest BCUT2D eigenvalue weighted by atomic mass is 10.2. The third kappa shape index (κ3) is 4.59. The van der Waals surface area contributed by atoms with Crippen molar-refractivity contribution in [3.05, 3.63) is 82.0 Å². The third-order valence-corrected chi connectivity index (χ3v) is 5.02. The lowest BCUT2D eigenvalue weighted by Gasteiger charge is -2.13. The molecule has 2 amide bonds. The summed E-state index contributed by atoms with van der Waals surface area (Å²) in [5.41, 5.74) is 1.27. The number of hydrogen-bond acceptors (Lipinski definition) is 4. The van der Waals surface area contributed by atoms with Crippen molar-refractivity contribution in [3.63, 3.8) is 0 Å². The van der Waals surface area contributed by atoms with Crippen LogP contribution in [0.15, 0.2) is 60.0 Å². The van der Waals surface area contributed by atoms with E-state index in [1.165, 1.54) is 12.1 Å². The zero-order valence-electron chi connectivity index (χ0n) is 14.2. The van der Waals surface area contributed by atoms with Gasteiger partial charge < -0.3 is 4.74 Å². The van der Waals surface area contributed by atoms with Crippen molar-refractivity contribution in [2.45, 2.75) is 6.54 Å². The molecule has 1 aliphatic rings. The van der Waals surface area contributed by atoms with Crippen LogP contribution < -0.4 is 4.74 Å². The van der Waals surface area contributed by atoms with E-state index in [4.69, 9.17) is 16.3 Å². The van der Waals surface area contributed by atoms with Gasteiger partial charge in [0, 0.05) is 5.02 Å². The van der Waals surface area contributed by atoms with E-state index >= 15 is 0 Å². The molecule has 1 saturated heterocycles. The highest BCUT2D eigenvalue weighted by atomic mass is 35.5. The molecule has 0 saturated carbocycles. The SMILES string of the molecule is C=CCOc1ccc(/C=C2/SC(=O)N(Cc3ccc(F)cc3Cl)C2=O)cc1. The largest absolute Gasteiger partial charge is 0.490 e. The molecular formula is C20H15ClFNO3S. The number of halogens is 2. The van der Waals surface area contributed by atoms with E-state index < -0.39 is 17.0 Å². The van der Waals surface area contributed by atoms with E-state index in [2.05, 4.69) is 6.58 Å². The Morgan fingerprint density at radius 3 is 2.59 bits per heavy atom. The molecule has 1 heterocycles. The Morgan fingerprint density at radius 2 is 1.93 bits per heavy atom. The Hall–Kier alpha value is -2.57. The van der Waals surface area contributed by atoms with Gasteiger partial charge in [0.25, 0.3) is 11.1 Å². The van der Waals surface area contributed by atoms with Gasteiger partial charge in [-0.1, -0.05) is 42.5 Å². The summed E-state index contributed by atoms with van der Waals surface area (Å²) in [5, 5.41) is -0.217. The number of carbonyl (C=O) groups excluding carboxylic acids is 2. The van der Waals surface area contributed by atoms with Gasteiger partial charge in [0.2, 0.25) is 0 Å². The molecule has 1 fully saturated rings. The minimum atomic E-state index is -0.474. The van der Waals surface area contributed by atoms with Crippen molar-refractivity contribution in [2.24, 2.45) is 0 Å². The molecule has 1 aliphatic heterocycles. The zero-order chi connectivity index (χ0) is 19.4. The highest BCUT2D eigenvalue weighted by Gasteiger charge is 2.35. The summed E-state index contributed by atoms with van der Waals surface area (Å²) >= 11 is 6.85. The van der Waals surface area contributed by atoms with E-state index in [1.54, 1.807) is 36.4 Å². The van der Waals surface area contributed by atoms with Gasteiger partial charge >= 0.3 is 0 Å². The monoisotopic (exact) mass is 403 g/mol. The molecule has 3 rings (SSSR count). The number of ether oxygens (including phenoxy) is 1. The first kappa shape index (κ1) is 19.2. The molecule has 138 valence electrons. The topological polar surface area (TPSA) is 46.6 Å². The van der Waals surface area contributed by atoms with Crippen molar-refractivity contribution in [1.29, 1.82) is 0 Å². The zero-order valence-corrected chi connectivity index (χ0v) is 15.7. The van der Waals surface area contributed by atoms with E-state index in [9.17, 15) is 14.0 Å². The third-order valence-electron chi connectivity index (χ3n) is 3.76. The maximum absolute atomic E-state index is 13.2. The first-order valence-corrected chi connectivity index (χ1v) is 9.20. The molecule has 0 unspecified atom stereocenters. The second-order valence-corrected chi connectivity index (χ2v) is 7.07. The number of amides is 2. The molecule has 7 heteroatoms. The minimum Gasteiger partial charge on any atom is -0.490 e. The van der Waals surface area contributed by atoms with Crippen molar-refractivity contribution < 1.29 is 18.7 Å². The predicted molar refractivity (Wildman–Crippen MR) is 105 cm³/mol. The molecule has 0 radical (unpaired) electrons. The maximum Gasteiger partial charge on any atom is 0.293 e. The van der Waals surface area contributed by atoms with Crippen LogP contribution in [0.1, 0.15) is 11.1 Å². The van der Waals surface area contributed by atoms with E-state index in [0.717, 1.165) is 28.3 Å². The molecule has 27 heavy (non-hydrogen) atoms. The van der Waals surface area contributed by atoms with E-state index in [0.29, 0.717) is 22.8 Å². The van der Waals surface area contributed by atoms with Gasteiger partial charge in [-0.25, -0.2) is 4.39 Å². The lowest BCUT2D eigenvalue weighted by Crippen LogP contribution is -2.27. The second-order valence-electron chi connectivity index (χ2n) is 5.67. The van der Waals surface area contributed by atoms with Crippen LogP contribution in [-0.4, -0.2) is 22.7 Å². The molecule has 4 nitrogen and oxygen atoms in total. The number of benzene rings is 2. The number of thioether (sulfide) groups is 1. The summed E-state index contributed by atoms with van der Waals surface area (Å²) < 4.78 is 18.6. The quantitative estimate of drug-likeness (QED) is 0.486. The normalized spacial score (nSPS) is 15.5. The standard InChI is InChI=1S/C20H15ClFNO3S/c1-2-9-26-16-7-3-13(4-8-16)10-18-19(24)23(20(25)27-18)12-14-5-6-15(22)11-17(14)21/h2-8,10-11H,1,9,12H2/b18-10+. The van der Waals surface area contributed by atoms with Crippen molar-refractivity contribution in [1.82, 2.24) is 4.90 Å². The van der Waals surface area contributed by atoms with Gasteiger partial charge in [-0.2, -0.15) is 0 Å². The average Bonchev–Trinajstić information content (AvgIpc) is 2.90. The van der Waals surface area contributed by atoms with Crippen LogP contribution in [0.5, 0.6) is 5.75 Å². The minimum absolute atomic E-state index is 0.00451. The molecule has 0 bridgehead atoms. The molecular weight excluding hydrogens is 389 g/mol. The lowest BCUT2D eigenvalue weighted by molar-refractivity contribution is -0.123. The Balaban J connectivity index is 1.75. The highest BCUT2D eigenvalue weighted by molar-refractivity contribution is 8.18. The van der Waals surface area contributed by atoms with Gasteiger partial charge in [-0.3, -0.25) is 14.5 Å². The number of carbonyl (C=O) groups is 2. The summed E-state index contributed by atoms with van der Waals surface area (Å²) in [6.45, 7) is 3.99. The molecule has 2 aromatic carbocycles. The van der Waals surface area contributed by atoms with Crippen LogP contribution in [-0.2, 0) is 11.3 Å². The van der Waals surface area contributed by atoms with Crippen LogP contribution in [0, 0.1) is 5.82 Å². The Labute approximate surface area is 165 Å². The summed E-state index contributed by atoms with van der Waals surface area (Å²) in [6.07, 6.45) is 3.30. The fourth-order valence-corrected chi connectivity index (χ4v) is 3.49. The van der Waals surface area contributed by atoms with Crippen LogP contribution in [0.2, 0.25) is 5.02 Å². The van der Waals surface area contributed by atoms with Gasteiger partial charge in [0.15, 0.2) is 0 Å². The van der Waals surface area contributed by atoms with Crippen LogP contribution in [0.4, 0.5) is 9.18 Å². The summed E-state index contributed by atoms with van der Waals surface area (Å²) in [7, 11) is 0. The fourth-order valence-electron chi connectivity index (χ4n) is 2.42. The Kier molecular flexibility index (Phi) is 5.98. The van der Waals surface area contributed by atoms with Crippen LogP contribution in [0.25, 0.3) is 6.08 Å². The molecule has 2 aromatic rings. The van der Waals surface area contributed by atoms with Crippen LogP contribution >= 0.6 is 23.4 Å². The Morgan fingerprint density at radius 1 is 1.19 bits per heavy atom. The smallest absolute Gasteiger partial charge is 0.293 e. The number of nitrogens with zero attached hydrogens (tertiary/aromatic N) is 1. The van der Waals surface area contributed by atoms with Crippen molar-refractivity contribution in [2.75, 3.05) is 6.61 Å². The average molecular weight is 404 g/mol. The first-order chi connectivity index (χ1) is 13.0. The van der Waals surface area contributed by atoms with Crippen LogP contribution in [0.3, 0.4) is 0 Å². The van der Waals surface area contributed by atoms with E-state index in [1.807, 2.05) is 0 Å². The summed E-state index contributed by atoms with van der Waals surface area (Å²) in [4.78, 5) is 26.2. The van der Waals surface area contributed by atoms with Gasteiger partial charge in [-0.05, 0) is 53.2 Å². The van der Waals surface area contributed by atoms with Crippen molar-refractivity contribution in [3.8, 4) is 5.75 Å². The van der Waals surface area contributed by atoms with E-state index in [-0.39, 0.29) is 11.6 Å². The number of rotatable bonds is 6. The predicted octanol–water partition coefficient (Wildman–Crippen LogP) is 5.28. The van der Waals surface area contributed by atoms with Gasteiger partial charge in [-0.15, -0.1) is 0 Å². The summed E-state index contributed by atoms with van der Waals surface area (Å²) in [5.74, 6) is -0.193. The molecule has 0 spiro atoms. The highest BCUT2D eigenvalue weighted by Crippen LogP contribution is 2.34. The van der Waals surface area contributed by atoms with Crippen molar-refractivity contribution >= 4 is 40.6 Å².